The fourth-order valence-corrected chi connectivity index (χ4v) is 3.38. The maximum Gasteiger partial charge on any atom is 0.163 e. The molecule has 0 saturated carbocycles. The van der Waals surface area contributed by atoms with Gasteiger partial charge in [0.1, 0.15) is 11.9 Å². The van der Waals surface area contributed by atoms with Gasteiger partial charge in [-0.1, -0.05) is 29.8 Å². The highest BCUT2D eigenvalue weighted by Gasteiger charge is 2.25. The predicted octanol–water partition coefficient (Wildman–Crippen LogP) is 4.08. The molecular formula is C20H19ClN4O. The van der Waals surface area contributed by atoms with Gasteiger partial charge in [-0.05, 0) is 25.1 Å². The van der Waals surface area contributed by atoms with E-state index in [2.05, 4.69) is 14.9 Å². The Morgan fingerprint density at radius 2 is 2.04 bits per heavy atom. The summed E-state index contributed by atoms with van der Waals surface area (Å²) >= 11 is 6.35. The Morgan fingerprint density at radius 3 is 2.85 bits per heavy atom. The Bertz CT molecular complexity index is 903. The van der Waals surface area contributed by atoms with Gasteiger partial charge >= 0.3 is 0 Å². The number of halogens is 1. The van der Waals surface area contributed by atoms with E-state index in [4.69, 9.17) is 21.3 Å². The molecule has 1 aliphatic rings. The summed E-state index contributed by atoms with van der Waals surface area (Å²) in [6.45, 7) is 4.09. The van der Waals surface area contributed by atoms with Crippen molar-refractivity contribution < 1.29 is 4.74 Å². The van der Waals surface area contributed by atoms with Crippen molar-refractivity contribution in [1.82, 2.24) is 15.0 Å². The van der Waals surface area contributed by atoms with Crippen LogP contribution >= 0.6 is 11.6 Å². The lowest BCUT2D eigenvalue weighted by atomic mass is 10.1. The van der Waals surface area contributed by atoms with Gasteiger partial charge in [-0.15, -0.1) is 0 Å². The smallest absolute Gasteiger partial charge is 0.163 e. The molecule has 132 valence electrons. The van der Waals surface area contributed by atoms with Crippen LogP contribution in [0, 0.1) is 6.92 Å². The van der Waals surface area contributed by atoms with Crippen LogP contribution in [0.2, 0.25) is 5.02 Å². The number of pyridine rings is 1. The number of aryl methyl sites for hydroxylation is 1. The maximum atomic E-state index is 6.35. The zero-order valence-corrected chi connectivity index (χ0v) is 15.2. The number of benzene rings is 1. The summed E-state index contributed by atoms with van der Waals surface area (Å²) in [7, 11) is 0. The Hall–Kier alpha value is -2.50. The second-order valence-electron chi connectivity index (χ2n) is 6.26. The van der Waals surface area contributed by atoms with Gasteiger partial charge in [0.25, 0.3) is 0 Å². The van der Waals surface area contributed by atoms with Gasteiger partial charge in [0.2, 0.25) is 0 Å². The minimum atomic E-state index is -0.0745. The van der Waals surface area contributed by atoms with E-state index in [1.54, 1.807) is 12.4 Å². The van der Waals surface area contributed by atoms with Crippen LogP contribution in [0.5, 0.6) is 0 Å². The van der Waals surface area contributed by atoms with E-state index >= 15 is 0 Å². The van der Waals surface area contributed by atoms with Crippen LogP contribution in [0.3, 0.4) is 0 Å². The first kappa shape index (κ1) is 16.9. The van der Waals surface area contributed by atoms with Crippen molar-refractivity contribution in [2.75, 3.05) is 24.6 Å². The Labute approximate surface area is 157 Å². The van der Waals surface area contributed by atoms with Crippen LogP contribution in [-0.4, -0.2) is 34.6 Å². The van der Waals surface area contributed by atoms with Crippen LogP contribution in [0.4, 0.5) is 5.82 Å². The number of anilines is 1. The van der Waals surface area contributed by atoms with Gasteiger partial charge in [-0.3, -0.25) is 4.98 Å². The fourth-order valence-electron chi connectivity index (χ4n) is 3.12. The molecule has 3 heterocycles. The molecule has 6 heteroatoms. The highest BCUT2D eigenvalue weighted by molar-refractivity contribution is 6.31. The second-order valence-corrected chi connectivity index (χ2v) is 6.67. The molecule has 0 N–H and O–H groups in total. The summed E-state index contributed by atoms with van der Waals surface area (Å²) in [6, 6.07) is 13.7. The van der Waals surface area contributed by atoms with E-state index in [0.29, 0.717) is 19.0 Å². The molecular weight excluding hydrogens is 348 g/mol. The highest BCUT2D eigenvalue weighted by atomic mass is 35.5. The van der Waals surface area contributed by atoms with E-state index in [0.717, 1.165) is 34.2 Å². The monoisotopic (exact) mass is 366 g/mol. The molecule has 0 amide bonds. The van der Waals surface area contributed by atoms with Gasteiger partial charge in [0.05, 0.1) is 6.61 Å². The average Bonchev–Trinajstić information content (AvgIpc) is 2.69. The third-order valence-corrected chi connectivity index (χ3v) is 4.75. The zero-order valence-electron chi connectivity index (χ0n) is 14.5. The molecule has 26 heavy (non-hydrogen) atoms. The third kappa shape index (κ3) is 3.54. The standard InChI is InChI=1S/C20H19ClN4O/c1-14-11-19(24-20(23-14)15-5-4-8-22-12-15)25-9-10-26-18(13-25)16-6-2-3-7-17(16)21/h2-8,11-12,18H,9-10,13H2,1H3. The molecule has 1 unspecified atom stereocenters. The van der Waals surface area contributed by atoms with E-state index in [9.17, 15) is 0 Å². The lowest BCUT2D eigenvalue weighted by molar-refractivity contribution is 0.0396. The van der Waals surface area contributed by atoms with Crippen LogP contribution in [0.15, 0.2) is 54.9 Å². The van der Waals surface area contributed by atoms with Crippen molar-refractivity contribution in [2.45, 2.75) is 13.0 Å². The van der Waals surface area contributed by atoms with Gasteiger partial charge in [-0.25, -0.2) is 9.97 Å². The largest absolute Gasteiger partial charge is 0.370 e. The summed E-state index contributed by atoms with van der Waals surface area (Å²) in [5.41, 5.74) is 2.85. The summed E-state index contributed by atoms with van der Waals surface area (Å²) in [4.78, 5) is 15.7. The molecule has 0 aliphatic carbocycles. The van der Waals surface area contributed by atoms with E-state index in [1.807, 2.05) is 49.4 Å². The van der Waals surface area contributed by atoms with Crippen LogP contribution in [-0.2, 0) is 4.74 Å². The van der Waals surface area contributed by atoms with Crippen molar-refractivity contribution in [2.24, 2.45) is 0 Å². The van der Waals surface area contributed by atoms with Gasteiger partial charge in [0.15, 0.2) is 5.82 Å². The molecule has 0 spiro atoms. The summed E-state index contributed by atoms with van der Waals surface area (Å²) in [5, 5.41) is 0.731. The molecule has 1 aromatic carbocycles. The molecule has 5 nitrogen and oxygen atoms in total. The van der Waals surface area contributed by atoms with Crippen LogP contribution in [0.1, 0.15) is 17.4 Å². The lowest BCUT2D eigenvalue weighted by Gasteiger charge is -2.34. The molecule has 3 aromatic rings. The molecule has 0 bridgehead atoms. The first-order valence-corrected chi connectivity index (χ1v) is 8.95. The summed E-state index contributed by atoms with van der Waals surface area (Å²) < 4.78 is 5.96. The summed E-state index contributed by atoms with van der Waals surface area (Å²) in [5.74, 6) is 1.59. The number of ether oxygens (including phenoxy) is 1. The molecule has 4 rings (SSSR count). The maximum absolute atomic E-state index is 6.35. The Kier molecular flexibility index (Phi) is 4.82. The Balaban J connectivity index is 1.63. The normalized spacial score (nSPS) is 17.3. The van der Waals surface area contributed by atoms with Crippen molar-refractivity contribution >= 4 is 17.4 Å². The number of aromatic nitrogens is 3. The predicted molar refractivity (Wildman–Crippen MR) is 102 cm³/mol. The lowest BCUT2D eigenvalue weighted by Crippen LogP contribution is -2.39. The van der Waals surface area contributed by atoms with Crippen molar-refractivity contribution in [1.29, 1.82) is 0 Å². The quantitative estimate of drug-likeness (QED) is 0.699. The van der Waals surface area contributed by atoms with Gasteiger partial charge in [0, 0.05) is 53.4 Å². The van der Waals surface area contributed by atoms with E-state index < -0.39 is 0 Å². The number of rotatable bonds is 3. The number of hydrogen-bond donors (Lipinski definition) is 0. The van der Waals surface area contributed by atoms with Crippen molar-refractivity contribution in [3.05, 3.63) is 71.1 Å². The molecule has 0 radical (unpaired) electrons. The van der Waals surface area contributed by atoms with Crippen LogP contribution in [0.25, 0.3) is 11.4 Å². The minimum absolute atomic E-state index is 0.0745. The zero-order chi connectivity index (χ0) is 17.9. The third-order valence-electron chi connectivity index (χ3n) is 4.40. The van der Waals surface area contributed by atoms with Crippen LogP contribution < -0.4 is 4.90 Å². The van der Waals surface area contributed by atoms with Gasteiger partial charge < -0.3 is 9.64 Å². The topological polar surface area (TPSA) is 51.1 Å². The number of nitrogens with zero attached hydrogens (tertiary/aromatic N) is 4. The van der Waals surface area contributed by atoms with E-state index in [1.165, 1.54) is 0 Å². The average molecular weight is 367 g/mol. The summed E-state index contributed by atoms with van der Waals surface area (Å²) in [6.07, 6.45) is 3.45. The molecule has 1 atom stereocenters. The van der Waals surface area contributed by atoms with Gasteiger partial charge in [-0.2, -0.15) is 0 Å². The number of morpholine rings is 1. The second kappa shape index (κ2) is 7.40. The SMILES string of the molecule is Cc1cc(N2CCOC(c3ccccc3Cl)C2)nc(-c2cccnc2)n1. The minimum Gasteiger partial charge on any atom is -0.370 e. The molecule has 2 aromatic heterocycles. The first-order valence-electron chi connectivity index (χ1n) is 8.58. The molecule has 1 fully saturated rings. The Morgan fingerprint density at radius 1 is 1.15 bits per heavy atom. The van der Waals surface area contributed by atoms with Crippen molar-refractivity contribution in [3.63, 3.8) is 0 Å². The first-order chi connectivity index (χ1) is 12.7. The molecule has 1 saturated heterocycles. The van der Waals surface area contributed by atoms with Crippen molar-refractivity contribution in [3.8, 4) is 11.4 Å². The number of hydrogen-bond acceptors (Lipinski definition) is 5. The van der Waals surface area contributed by atoms with E-state index in [-0.39, 0.29) is 6.10 Å². The fraction of sp³-hybridized carbons (Fsp3) is 0.250. The highest BCUT2D eigenvalue weighted by Crippen LogP contribution is 2.30. The molecule has 1 aliphatic heterocycles.